The molecule has 7 heteroatoms. The van der Waals surface area contributed by atoms with E-state index in [0.717, 1.165) is 38.7 Å². The van der Waals surface area contributed by atoms with Gasteiger partial charge in [0.1, 0.15) is 13.2 Å². The molecular weight excluding hydrogens is 460 g/mol. The minimum absolute atomic E-state index is 0.0447. The average Bonchev–Trinajstić information content (AvgIpc) is 2.80. The predicted octanol–water partition coefficient (Wildman–Crippen LogP) is 6.26. The van der Waals surface area contributed by atoms with Gasteiger partial charge in [-0.1, -0.05) is 57.1 Å². The quantitative estimate of drug-likeness (QED) is 0.178. The molecule has 1 fully saturated rings. The largest absolute Gasteiger partial charge is 0.513 e. The van der Waals surface area contributed by atoms with Crippen LogP contribution in [-0.4, -0.2) is 46.2 Å². The van der Waals surface area contributed by atoms with Gasteiger partial charge in [-0.15, -0.1) is 0 Å². The second-order valence-corrected chi connectivity index (χ2v) is 14.9. The molecule has 1 heterocycles. The van der Waals surface area contributed by atoms with E-state index in [0.29, 0.717) is 18.8 Å². The number of carbonyl (C=O) groups excluding carboxylic acids is 1. The number of rotatable bonds is 7. The van der Waals surface area contributed by atoms with E-state index in [1.807, 2.05) is 6.08 Å². The van der Waals surface area contributed by atoms with Crippen molar-refractivity contribution in [3.8, 4) is 23.7 Å². The highest BCUT2D eigenvalue weighted by atomic mass is 28.4. The molecule has 0 bridgehead atoms. The predicted molar refractivity (Wildman–Crippen MR) is 140 cm³/mol. The first-order chi connectivity index (χ1) is 16.6. The summed E-state index contributed by atoms with van der Waals surface area (Å²) in [4.78, 5) is 12.2. The van der Waals surface area contributed by atoms with Gasteiger partial charge in [0, 0.05) is 6.61 Å². The zero-order chi connectivity index (χ0) is 25.8. The third-order valence-electron chi connectivity index (χ3n) is 6.31. The maximum atomic E-state index is 12.2. The Labute approximate surface area is 212 Å². The second kappa shape index (κ2) is 13.7. The van der Waals surface area contributed by atoms with Crippen LogP contribution < -0.4 is 0 Å². The summed E-state index contributed by atoms with van der Waals surface area (Å²) < 4.78 is 28.6. The Kier molecular flexibility index (Phi) is 11.3. The van der Waals surface area contributed by atoms with E-state index >= 15 is 0 Å². The van der Waals surface area contributed by atoms with Crippen molar-refractivity contribution in [2.75, 3.05) is 19.8 Å². The lowest BCUT2D eigenvalue weighted by Crippen LogP contribution is -2.51. The molecule has 192 valence electrons. The van der Waals surface area contributed by atoms with Crippen LogP contribution in [-0.2, 0) is 23.4 Å². The zero-order valence-corrected chi connectivity index (χ0v) is 22.9. The van der Waals surface area contributed by atoms with Gasteiger partial charge in [-0.05, 0) is 74.9 Å². The normalized spacial score (nSPS) is 22.8. The standard InChI is InChI=1S/C28H40O6Si/c1-7-21-32-26(29)33-24-17-11-14-20-28(24,34-35(5,6)27(2,3)4)19-13-9-8-10-15-22-30-25-18-12-16-23-31-25/h7-9,17,25H,1,11-12,14,16,18,20-23H2,2-6H3/b9-8-. The smallest absolute Gasteiger partial charge is 0.430 e. The number of hydrogen-bond acceptors (Lipinski definition) is 6. The number of carbonyl (C=O) groups is 1. The van der Waals surface area contributed by atoms with Crippen molar-refractivity contribution in [3.05, 3.63) is 36.6 Å². The van der Waals surface area contributed by atoms with Crippen molar-refractivity contribution >= 4 is 14.5 Å². The van der Waals surface area contributed by atoms with Gasteiger partial charge in [0.05, 0.1) is 0 Å². The molecule has 35 heavy (non-hydrogen) atoms. The highest BCUT2D eigenvalue weighted by molar-refractivity contribution is 6.74. The van der Waals surface area contributed by atoms with Crippen LogP contribution in [0.15, 0.2) is 36.6 Å². The van der Waals surface area contributed by atoms with Crippen molar-refractivity contribution < 1.29 is 28.2 Å². The van der Waals surface area contributed by atoms with Crippen LogP contribution in [0.25, 0.3) is 0 Å². The van der Waals surface area contributed by atoms with Crippen molar-refractivity contribution in [2.45, 2.75) is 89.3 Å². The topological polar surface area (TPSA) is 63.2 Å². The number of ether oxygens (including phenoxy) is 4. The molecule has 0 aromatic heterocycles. The molecule has 1 saturated heterocycles. The van der Waals surface area contributed by atoms with E-state index < -0.39 is 20.1 Å². The Morgan fingerprint density at radius 2 is 2.03 bits per heavy atom. The highest BCUT2D eigenvalue weighted by Crippen LogP contribution is 2.44. The first-order valence-electron chi connectivity index (χ1n) is 12.4. The first-order valence-corrected chi connectivity index (χ1v) is 15.3. The van der Waals surface area contributed by atoms with Gasteiger partial charge in [-0.3, -0.25) is 0 Å². The van der Waals surface area contributed by atoms with E-state index in [1.54, 1.807) is 12.2 Å². The maximum absolute atomic E-state index is 12.2. The summed E-state index contributed by atoms with van der Waals surface area (Å²) in [6.07, 6.45) is 11.2. The Balaban J connectivity index is 2.16. The molecule has 0 N–H and O–H groups in total. The molecular formula is C28H40O6Si. The van der Waals surface area contributed by atoms with Crippen LogP contribution in [0.4, 0.5) is 4.79 Å². The fourth-order valence-electron chi connectivity index (χ4n) is 3.40. The highest BCUT2D eigenvalue weighted by Gasteiger charge is 2.48. The summed E-state index contributed by atoms with van der Waals surface area (Å²) in [7, 11) is -2.26. The fourth-order valence-corrected chi connectivity index (χ4v) is 4.83. The van der Waals surface area contributed by atoms with Crippen molar-refractivity contribution in [1.82, 2.24) is 0 Å². The maximum Gasteiger partial charge on any atom is 0.513 e. The molecule has 2 atom stereocenters. The molecule has 0 amide bonds. The van der Waals surface area contributed by atoms with Gasteiger partial charge < -0.3 is 23.4 Å². The Hall–Kier alpha value is -2.29. The molecule has 1 aliphatic heterocycles. The molecule has 6 nitrogen and oxygen atoms in total. The van der Waals surface area contributed by atoms with Gasteiger partial charge in [0.2, 0.25) is 0 Å². The summed E-state index contributed by atoms with van der Waals surface area (Å²) in [6.45, 7) is 15.5. The van der Waals surface area contributed by atoms with Gasteiger partial charge in [0.15, 0.2) is 26.0 Å². The Morgan fingerprint density at radius 1 is 1.26 bits per heavy atom. The molecule has 0 saturated carbocycles. The van der Waals surface area contributed by atoms with E-state index in [1.165, 1.54) is 6.08 Å². The van der Waals surface area contributed by atoms with E-state index in [4.69, 9.17) is 23.4 Å². The summed E-state index contributed by atoms with van der Waals surface area (Å²) in [6, 6.07) is 0. The van der Waals surface area contributed by atoms with Crippen LogP contribution >= 0.6 is 0 Å². The summed E-state index contributed by atoms with van der Waals surface area (Å²) >= 11 is 0. The monoisotopic (exact) mass is 500 g/mol. The molecule has 0 aromatic rings. The third kappa shape index (κ3) is 9.35. The van der Waals surface area contributed by atoms with Crippen LogP contribution in [0.2, 0.25) is 18.1 Å². The van der Waals surface area contributed by atoms with Crippen molar-refractivity contribution in [2.24, 2.45) is 0 Å². The molecule has 0 spiro atoms. The lowest BCUT2D eigenvalue weighted by Gasteiger charge is -2.44. The van der Waals surface area contributed by atoms with E-state index in [9.17, 15) is 4.79 Å². The Morgan fingerprint density at radius 3 is 2.71 bits per heavy atom. The number of hydrogen-bond donors (Lipinski definition) is 0. The lowest BCUT2D eigenvalue weighted by atomic mass is 9.89. The van der Waals surface area contributed by atoms with Crippen molar-refractivity contribution in [3.63, 3.8) is 0 Å². The fraction of sp³-hybridized carbons (Fsp3) is 0.607. The average molecular weight is 501 g/mol. The van der Waals surface area contributed by atoms with Gasteiger partial charge in [-0.25, -0.2) is 4.79 Å². The summed E-state index contributed by atoms with van der Waals surface area (Å²) in [5.74, 6) is 12.6. The van der Waals surface area contributed by atoms with Crippen LogP contribution in [0.3, 0.4) is 0 Å². The molecule has 1 aliphatic carbocycles. The minimum Gasteiger partial charge on any atom is -0.430 e. The summed E-state index contributed by atoms with van der Waals surface area (Å²) in [5, 5.41) is -0.0447. The van der Waals surface area contributed by atoms with E-state index in [-0.39, 0.29) is 17.9 Å². The first kappa shape index (κ1) is 28.9. The molecule has 0 radical (unpaired) electrons. The third-order valence-corrected chi connectivity index (χ3v) is 10.8. The van der Waals surface area contributed by atoms with Gasteiger partial charge in [0.25, 0.3) is 0 Å². The summed E-state index contributed by atoms with van der Waals surface area (Å²) in [5.41, 5.74) is -1.02. The lowest BCUT2D eigenvalue weighted by molar-refractivity contribution is -0.154. The van der Waals surface area contributed by atoms with Crippen LogP contribution in [0.1, 0.15) is 59.3 Å². The van der Waals surface area contributed by atoms with Gasteiger partial charge in [-0.2, -0.15) is 0 Å². The second-order valence-electron chi connectivity index (χ2n) is 10.1. The zero-order valence-electron chi connectivity index (χ0n) is 21.9. The molecule has 2 unspecified atom stereocenters. The minimum atomic E-state index is -2.26. The Bertz CT molecular complexity index is 900. The molecule has 0 aromatic carbocycles. The SMILES string of the molecule is C=CCOC(=O)OC1=CCCCC1(C#C/C=C\C#CCOC1CCCCO1)O[Si](C)(C)C(C)(C)C. The van der Waals surface area contributed by atoms with E-state index in [2.05, 4.69) is 64.1 Å². The number of allylic oxidation sites excluding steroid dienone is 3. The van der Waals surface area contributed by atoms with Gasteiger partial charge >= 0.3 is 6.16 Å². The van der Waals surface area contributed by atoms with Crippen LogP contribution in [0, 0.1) is 23.7 Å². The van der Waals surface area contributed by atoms with Crippen LogP contribution in [0.5, 0.6) is 0 Å². The molecule has 2 rings (SSSR count). The molecule has 2 aliphatic rings. The van der Waals surface area contributed by atoms with Crippen molar-refractivity contribution in [1.29, 1.82) is 0 Å².